The number of aryl methyl sites for hydroxylation is 2. The van der Waals surface area contributed by atoms with Gasteiger partial charge < -0.3 is 5.32 Å². The Kier molecular flexibility index (Phi) is 4.09. The normalized spacial score (nSPS) is 10.7. The highest BCUT2D eigenvalue weighted by molar-refractivity contribution is 9.10. The van der Waals surface area contributed by atoms with E-state index in [1.807, 2.05) is 32.9 Å². The van der Waals surface area contributed by atoms with Gasteiger partial charge in [-0.15, -0.1) is 0 Å². The molecular weight excluding hydrogens is 254 g/mol. The number of carbonyl (C=O) groups excluding carboxylic acids is 1. The van der Waals surface area contributed by atoms with Crippen molar-refractivity contribution in [3.05, 3.63) is 39.9 Å². The number of amides is 1. The van der Waals surface area contributed by atoms with Crippen LogP contribution >= 0.6 is 15.9 Å². The van der Waals surface area contributed by atoms with Crippen LogP contribution in [-0.4, -0.2) is 5.91 Å². The number of halogens is 1. The van der Waals surface area contributed by atoms with E-state index in [2.05, 4.69) is 21.2 Å². The van der Waals surface area contributed by atoms with E-state index in [1.165, 1.54) is 6.08 Å². The van der Waals surface area contributed by atoms with Gasteiger partial charge in [0.15, 0.2) is 0 Å². The van der Waals surface area contributed by atoms with Gasteiger partial charge in [-0.2, -0.15) is 0 Å². The lowest BCUT2D eigenvalue weighted by molar-refractivity contribution is -0.111. The van der Waals surface area contributed by atoms with E-state index in [9.17, 15) is 4.79 Å². The molecule has 80 valence electrons. The molecule has 0 aromatic heterocycles. The Hall–Kier alpha value is -1.09. The Morgan fingerprint density at radius 3 is 2.33 bits per heavy atom. The molecule has 1 aromatic carbocycles. The Morgan fingerprint density at radius 1 is 1.33 bits per heavy atom. The molecule has 0 spiro atoms. The van der Waals surface area contributed by atoms with Crippen molar-refractivity contribution in [3.8, 4) is 0 Å². The summed E-state index contributed by atoms with van der Waals surface area (Å²) in [5, 5.41) is 2.86. The molecule has 0 atom stereocenters. The van der Waals surface area contributed by atoms with Gasteiger partial charge in [-0.3, -0.25) is 4.79 Å². The topological polar surface area (TPSA) is 29.1 Å². The number of hydrogen-bond acceptors (Lipinski definition) is 1. The van der Waals surface area contributed by atoms with Gasteiger partial charge in [0.2, 0.25) is 5.91 Å². The summed E-state index contributed by atoms with van der Waals surface area (Å²) in [5.41, 5.74) is 3.00. The van der Waals surface area contributed by atoms with Crippen LogP contribution in [0.25, 0.3) is 0 Å². The zero-order valence-corrected chi connectivity index (χ0v) is 10.7. The lowest BCUT2D eigenvalue weighted by Crippen LogP contribution is -2.10. The smallest absolute Gasteiger partial charge is 0.248 e. The Labute approximate surface area is 98.5 Å². The molecule has 0 fully saturated rings. The van der Waals surface area contributed by atoms with E-state index in [-0.39, 0.29) is 5.91 Å². The first-order valence-corrected chi connectivity index (χ1v) is 5.54. The van der Waals surface area contributed by atoms with Crippen LogP contribution in [0.1, 0.15) is 18.1 Å². The largest absolute Gasteiger partial charge is 0.322 e. The monoisotopic (exact) mass is 267 g/mol. The van der Waals surface area contributed by atoms with Crippen molar-refractivity contribution in [3.63, 3.8) is 0 Å². The van der Waals surface area contributed by atoms with Gasteiger partial charge in [0.25, 0.3) is 0 Å². The SMILES string of the molecule is C/C=C/C(=O)Nc1c(C)cc(Br)cc1C. The molecule has 2 nitrogen and oxygen atoms in total. The summed E-state index contributed by atoms with van der Waals surface area (Å²) in [6, 6.07) is 3.97. The summed E-state index contributed by atoms with van der Waals surface area (Å²) in [6.45, 7) is 5.77. The Morgan fingerprint density at radius 2 is 1.87 bits per heavy atom. The average Bonchev–Trinajstić information content (AvgIpc) is 2.11. The van der Waals surface area contributed by atoms with E-state index in [4.69, 9.17) is 0 Å². The number of anilines is 1. The molecule has 1 aromatic rings. The molecule has 0 aliphatic rings. The first kappa shape index (κ1) is 12.0. The molecule has 0 unspecified atom stereocenters. The quantitative estimate of drug-likeness (QED) is 0.816. The van der Waals surface area contributed by atoms with Gasteiger partial charge in [-0.25, -0.2) is 0 Å². The standard InChI is InChI=1S/C12H14BrNO/c1-4-5-11(15)14-12-8(2)6-10(13)7-9(12)3/h4-7H,1-3H3,(H,14,15)/b5-4+. The van der Waals surface area contributed by atoms with Crippen molar-refractivity contribution in [2.24, 2.45) is 0 Å². The highest BCUT2D eigenvalue weighted by Gasteiger charge is 2.05. The first-order valence-electron chi connectivity index (χ1n) is 4.75. The van der Waals surface area contributed by atoms with Crippen LogP contribution in [0, 0.1) is 13.8 Å². The second-order valence-electron chi connectivity index (χ2n) is 3.40. The van der Waals surface area contributed by atoms with Gasteiger partial charge in [0, 0.05) is 10.2 Å². The van der Waals surface area contributed by atoms with E-state index < -0.39 is 0 Å². The van der Waals surface area contributed by atoms with E-state index in [1.54, 1.807) is 6.08 Å². The molecule has 1 amide bonds. The highest BCUT2D eigenvalue weighted by atomic mass is 79.9. The average molecular weight is 268 g/mol. The zero-order chi connectivity index (χ0) is 11.4. The Bertz CT molecular complexity index is 387. The Balaban J connectivity index is 3.00. The van der Waals surface area contributed by atoms with Gasteiger partial charge in [-0.1, -0.05) is 22.0 Å². The maximum atomic E-state index is 11.4. The van der Waals surface area contributed by atoms with Crippen molar-refractivity contribution in [2.75, 3.05) is 5.32 Å². The molecule has 0 aliphatic heterocycles. The number of rotatable bonds is 2. The third-order valence-corrected chi connectivity index (χ3v) is 2.52. The number of benzene rings is 1. The lowest BCUT2D eigenvalue weighted by atomic mass is 10.1. The number of hydrogen-bond donors (Lipinski definition) is 1. The number of allylic oxidation sites excluding steroid dienone is 1. The fourth-order valence-electron chi connectivity index (χ4n) is 1.42. The molecule has 1 rings (SSSR count). The minimum Gasteiger partial charge on any atom is -0.322 e. The van der Waals surface area contributed by atoms with E-state index >= 15 is 0 Å². The molecular formula is C12H14BrNO. The van der Waals surface area contributed by atoms with Crippen molar-refractivity contribution in [1.29, 1.82) is 0 Å². The van der Waals surface area contributed by atoms with Gasteiger partial charge in [0.05, 0.1) is 0 Å². The van der Waals surface area contributed by atoms with Gasteiger partial charge in [-0.05, 0) is 50.1 Å². The van der Waals surface area contributed by atoms with Crippen LogP contribution in [0.5, 0.6) is 0 Å². The predicted octanol–water partition coefficient (Wildman–Crippen LogP) is 3.58. The van der Waals surface area contributed by atoms with Gasteiger partial charge in [0.1, 0.15) is 0 Å². The maximum absolute atomic E-state index is 11.4. The second-order valence-corrected chi connectivity index (χ2v) is 4.32. The first-order chi connectivity index (χ1) is 7.04. The minimum absolute atomic E-state index is 0.0916. The zero-order valence-electron chi connectivity index (χ0n) is 9.10. The minimum atomic E-state index is -0.0916. The maximum Gasteiger partial charge on any atom is 0.248 e. The third kappa shape index (κ3) is 3.20. The van der Waals surface area contributed by atoms with Crippen LogP contribution in [0.2, 0.25) is 0 Å². The van der Waals surface area contributed by atoms with Crippen LogP contribution in [0.15, 0.2) is 28.8 Å². The number of nitrogens with one attached hydrogen (secondary N) is 1. The van der Waals surface area contributed by atoms with Crippen LogP contribution in [0.3, 0.4) is 0 Å². The molecule has 0 heterocycles. The summed E-state index contributed by atoms with van der Waals surface area (Å²) >= 11 is 3.42. The molecule has 0 saturated carbocycles. The molecule has 0 bridgehead atoms. The third-order valence-electron chi connectivity index (χ3n) is 2.06. The molecule has 0 saturated heterocycles. The van der Waals surface area contributed by atoms with E-state index in [0.717, 1.165) is 21.3 Å². The van der Waals surface area contributed by atoms with Crippen molar-refractivity contribution >= 4 is 27.5 Å². The second kappa shape index (κ2) is 5.12. The van der Waals surface area contributed by atoms with Crippen LogP contribution in [0.4, 0.5) is 5.69 Å². The van der Waals surface area contributed by atoms with Crippen LogP contribution in [-0.2, 0) is 4.79 Å². The predicted molar refractivity (Wildman–Crippen MR) is 67.1 cm³/mol. The molecule has 15 heavy (non-hydrogen) atoms. The summed E-state index contributed by atoms with van der Waals surface area (Å²) in [4.78, 5) is 11.4. The van der Waals surface area contributed by atoms with Gasteiger partial charge >= 0.3 is 0 Å². The molecule has 3 heteroatoms. The van der Waals surface area contributed by atoms with Crippen molar-refractivity contribution < 1.29 is 4.79 Å². The summed E-state index contributed by atoms with van der Waals surface area (Å²) < 4.78 is 1.03. The molecule has 0 aliphatic carbocycles. The fraction of sp³-hybridized carbons (Fsp3) is 0.250. The van der Waals surface area contributed by atoms with Crippen LogP contribution < -0.4 is 5.32 Å². The van der Waals surface area contributed by atoms with Crippen molar-refractivity contribution in [2.45, 2.75) is 20.8 Å². The van der Waals surface area contributed by atoms with Crippen molar-refractivity contribution in [1.82, 2.24) is 0 Å². The fourth-order valence-corrected chi connectivity index (χ4v) is 2.11. The summed E-state index contributed by atoms with van der Waals surface area (Å²) in [6.07, 6.45) is 3.24. The highest BCUT2D eigenvalue weighted by Crippen LogP contribution is 2.24. The van der Waals surface area contributed by atoms with E-state index in [0.29, 0.717) is 0 Å². The summed E-state index contributed by atoms with van der Waals surface area (Å²) in [5.74, 6) is -0.0916. The summed E-state index contributed by atoms with van der Waals surface area (Å²) in [7, 11) is 0. The number of carbonyl (C=O) groups is 1. The lowest BCUT2D eigenvalue weighted by Gasteiger charge is -2.10. The molecule has 1 N–H and O–H groups in total. The molecule has 0 radical (unpaired) electrons.